The highest BCUT2D eigenvalue weighted by Crippen LogP contribution is 2.32. The Morgan fingerprint density at radius 1 is 1.37 bits per heavy atom. The molecule has 2 aliphatic rings. The molecular weight excluding hydrogens is 260 g/mol. The monoisotopic (exact) mass is 278 g/mol. The van der Waals surface area contributed by atoms with Crippen LogP contribution in [0.1, 0.15) is 35.6 Å². The molecule has 4 nitrogen and oxygen atoms in total. The minimum absolute atomic E-state index is 0.00194. The number of piperazine rings is 1. The van der Waals surface area contributed by atoms with Crippen LogP contribution in [-0.4, -0.2) is 40.7 Å². The van der Waals surface area contributed by atoms with Crippen molar-refractivity contribution in [2.45, 2.75) is 38.8 Å². The number of fused-ring (bicyclic) bond motifs is 1. The molecule has 0 N–H and O–H groups in total. The fraction of sp³-hybridized carbons (Fsp3) is 0.571. The second-order valence-corrected chi connectivity index (χ2v) is 6.66. The first kappa shape index (κ1) is 12.7. The lowest BCUT2D eigenvalue weighted by Crippen LogP contribution is -2.57. The summed E-state index contributed by atoms with van der Waals surface area (Å²) in [5, 5.41) is 0. The molecule has 0 saturated carbocycles. The van der Waals surface area contributed by atoms with Crippen molar-refractivity contribution in [3.63, 3.8) is 0 Å². The smallest absolute Gasteiger partial charge is 0.246 e. The van der Waals surface area contributed by atoms with Gasteiger partial charge in [0.2, 0.25) is 11.8 Å². The summed E-state index contributed by atoms with van der Waals surface area (Å²) in [4.78, 5) is 30.5. The van der Waals surface area contributed by atoms with Crippen molar-refractivity contribution in [3.05, 3.63) is 21.9 Å². The number of carbonyl (C=O) groups is 2. The molecule has 0 radical (unpaired) electrons. The van der Waals surface area contributed by atoms with Crippen molar-refractivity contribution >= 4 is 23.2 Å². The van der Waals surface area contributed by atoms with E-state index in [-0.39, 0.29) is 30.4 Å². The zero-order chi connectivity index (χ0) is 13.6. The molecule has 2 aliphatic heterocycles. The Balaban J connectivity index is 1.84. The maximum absolute atomic E-state index is 12.5. The Morgan fingerprint density at radius 3 is 2.84 bits per heavy atom. The van der Waals surface area contributed by atoms with Crippen LogP contribution in [0.25, 0.3) is 0 Å². The van der Waals surface area contributed by atoms with Crippen molar-refractivity contribution in [1.82, 2.24) is 9.80 Å². The van der Waals surface area contributed by atoms with Gasteiger partial charge in [-0.1, -0.05) is 0 Å². The summed E-state index contributed by atoms with van der Waals surface area (Å²) in [5.41, 5.74) is 0. The Morgan fingerprint density at radius 2 is 2.16 bits per heavy atom. The second kappa shape index (κ2) is 4.63. The summed E-state index contributed by atoms with van der Waals surface area (Å²) in [6.07, 6.45) is 1.76. The maximum atomic E-state index is 12.5. The van der Waals surface area contributed by atoms with Crippen molar-refractivity contribution in [2.24, 2.45) is 0 Å². The Kier molecular flexibility index (Phi) is 3.09. The van der Waals surface area contributed by atoms with Crippen LogP contribution in [0.4, 0.5) is 0 Å². The van der Waals surface area contributed by atoms with E-state index >= 15 is 0 Å². The number of amides is 2. The van der Waals surface area contributed by atoms with Crippen LogP contribution in [0.3, 0.4) is 0 Å². The average molecular weight is 278 g/mol. The summed E-state index contributed by atoms with van der Waals surface area (Å²) in [7, 11) is 0. The topological polar surface area (TPSA) is 40.6 Å². The van der Waals surface area contributed by atoms with Gasteiger partial charge in [-0.2, -0.15) is 0 Å². The van der Waals surface area contributed by atoms with Gasteiger partial charge in [0, 0.05) is 16.3 Å². The van der Waals surface area contributed by atoms with E-state index in [1.165, 1.54) is 4.88 Å². The quantitative estimate of drug-likeness (QED) is 0.829. The zero-order valence-corrected chi connectivity index (χ0v) is 12.1. The number of carbonyl (C=O) groups excluding carboxylic acids is 2. The molecule has 2 amide bonds. The zero-order valence-electron chi connectivity index (χ0n) is 11.3. The highest BCUT2D eigenvalue weighted by atomic mass is 32.1. The Hall–Kier alpha value is -1.36. The molecule has 2 atom stereocenters. The molecule has 2 unspecified atom stereocenters. The lowest BCUT2D eigenvalue weighted by Gasteiger charge is -2.39. The fourth-order valence-electron chi connectivity index (χ4n) is 2.99. The lowest BCUT2D eigenvalue weighted by molar-refractivity contribution is -0.155. The molecule has 19 heavy (non-hydrogen) atoms. The van der Waals surface area contributed by atoms with E-state index < -0.39 is 0 Å². The van der Waals surface area contributed by atoms with E-state index in [4.69, 9.17) is 0 Å². The average Bonchev–Trinajstić information content (AvgIpc) is 3.01. The summed E-state index contributed by atoms with van der Waals surface area (Å²) >= 11 is 1.70. The van der Waals surface area contributed by atoms with Crippen LogP contribution < -0.4 is 0 Å². The van der Waals surface area contributed by atoms with Gasteiger partial charge in [-0.3, -0.25) is 9.59 Å². The number of hydrogen-bond acceptors (Lipinski definition) is 3. The second-order valence-electron chi connectivity index (χ2n) is 5.34. The minimum Gasteiger partial charge on any atom is -0.329 e. The van der Waals surface area contributed by atoms with Crippen molar-refractivity contribution in [1.29, 1.82) is 0 Å². The van der Waals surface area contributed by atoms with E-state index in [1.54, 1.807) is 21.1 Å². The SMILES string of the molecule is Cc1ccc(C(C)N2CC(=O)N3CCCC3C2=O)s1. The number of aryl methyl sites for hydroxylation is 1. The van der Waals surface area contributed by atoms with Crippen LogP contribution in [0.15, 0.2) is 12.1 Å². The van der Waals surface area contributed by atoms with Gasteiger partial charge in [0.1, 0.15) is 12.6 Å². The number of hydrogen-bond donors (Lipinski definition) is 0. The molecule has 102 valence electrons. The molecule has 1 aromatic rings. The Bertz CT molecular complexity index is 525. The van der Waals surface area contributed by atoms with Gasteiger partial charge in [0.15, 0.2) is 0 Å². The van der Waals surface area contributed by atoms with Gasteiger partial charge in [-0.15, -0.1) is 11.3 Å². The molecule has 0 aromatic carbocycles. The van der Waals surface area contributed by atoms with Crippen molar-refractivity contribution in [2.75, 3.05) is 13.1 Å². The van der Waals surface area contributed by atoms with E-state index in [9.17, 15) is 9.59 Å². The Labute approximate surface area is 117 Å². The predicted octanol–water partition coefficient (Wildman–Crippen LogP) is 1.95. The normalized spacial score (nSPS) is 24.8. The standard InChI is InChI=1S/C14H18N2O2S/c1-9-5-6-12(19-9)10(2)16-8-13(17)15-7-3-4-11(15)14(16)18/h5-6,10-11H,3-4,7-8H2,1-2H3. The van der Waals surface area contributed by atoms with Crippen molar-refractivity contribution in [3.8, 4) is 0 Å². The first-order valence-electron chi connectivity index (χ1n) is 6.74. The van der Waals surface area contributed by atoms with Crippen LogP contribution in [0.2, 0.25) is 0 Å². The fourth-order valence-corrected chi connectivity index (χ4v) is 3.93. The summed E-state index contributed by atoms with van der Waals surface area (Å²) < 4.78 is 0. The molecule has 2 fully saturated rings. The van der Waals surface area contributed by atoms with E-state index in [2.05, 4.69) is 19.1 Å². The van der Waals surface area contributed by atoms with E-state index in [1.807, 2.05) is 6.92 Å². The van der Waals surface area contributed by atoms with Crippen LogP contribution in [-0.2, 0) is 9.59 Å². The van der Waals surface area contributed by atoms with Crippen LogP contribution in [0.5, 0.6) is 0 Å². The third-order valence-corrected chi connectivity index (χ3v) is 5.26. The third-order valence-electron chi connectivity index (χ3n) is 4.09. The van der Waals surface area contributed by atoms with Gasteiger partial charge in [-0.25, -0.2) is 0 Å². The lowest BCUT2D eigenvalue weighted by atomic mass is 10.1. The van der Waals surface area contributed by atoms with Gasteiger partial charge in [0.05, 0.1) is 6.04 Å². The van der Waals surface area contributed by atoms with E-state index in [0.717, 1.165) is 24.3 Å². The number of nitrogens with zero attached hydrogens (tertiary/aromatic N) is 2. The molecule has 1 aromatic heterocycles. The highest BCUT2D eigenvalue weighted by Gasteiger charge is 2.43. The summed E-state index contributed by atoms with van der Waals surface area (Å²) in [6.45, 7) is 5.05. The highest BCUT2D eigenvalue weighted by molar-refractivity contribution is 7.12. The predicted molar refractivity (Wildman–Crippen MR) is 73.9 cm³/mol. The molecule has 3 rings (SSSR count). The molecular formula is C14H18N2O2S. The van der Waals surface area contributed by atoms with Gasteiger partial charge in [0.25, 0.3) is 0 Å². The van der Waals surface area contributed by atoms with Crippen LogP contribution >= 0.6 is 11.3 Å². The molecule has 2 saturated heterocycles. The van der Waals surface area contributed by atoms with Crippen LogP contribution in [0, 0.1) is 6.92 Å². The molecule has 0 spiro atoms. The minimum atomic E-state index is -0.204. The molecule has 0 bridgehead atoms. The van der Waals surface area contributed by atoms with Gasteiger partial charge in [-0.05, 0) is 38.8 Å². The van der Waals surface area contributed by atoms with Gasteiger partial charge < -0.3 is 9.80 Å². The van der Waals surface area contributed by atoms with Crippen molar-refractivity contribution < 1.29 is 9.59 Å². The number of thiophene rings is 1. The molecule has 3 heterocycles. The molecule has 0 aliphatic carbocycles. The molecule has 5 heteroatoms. The first-order valence-corrected chi connectivity index (χ1v) is 7.56. The largest absolute Gasteiger partial charge is 0.329 e. The third kappa shape index (κ3) is 2.06. The summed E-state index contributed by atoms with van der Waals surface area (Å²) in [6, 6.07) is 3.92. The van der Waals surface area contributed by atoms with Gasteiger partial charge >= 0.3 is 0 Å². The number of rotatable bonds is 2. The summed E-state index contributed by atoms with van der Waals surface area (Å²) in [5.74, 6) is 0.220. The first-order chi connectivity index (χ1) is 9.08. The maximum Gasteiger partial charge on any atom is 0.246 e. The van der Waals surface area contributed by atoms with E-state index in [0.29, 0.717) is 0 Å².